The molecular weight excluding hydrogens is 216 g/mol. The van der Waals surface area contributed by atoms with Gasteiger partial charge in [0.25, 0.3) is 0 Å². The highest BCUT2D eigenvalue weighted by atomic mass is 28.3. The fourth-order valence-electron chi connectivity index (χ4n) is 1.49. The Morgan fingerprint density at radius 1 is 1.19 bits per heavy atom. The zero-order valence-electron chi connectivity index (χ0n) is 10.5. The lowest BCUT2D eigenvalue weighted by atomic mass is 10.1. The van der Waals surface area contributed by atoms with Crippen LogP contribution in [-0.2, 0) is 9.16 Å². The average molecular weight is 236 g/mol. The molecule has 0 heterocycles. The summed E-state index contributed by atoms with van der Waals surface area (Å²) in [5, 5.41) is 0. The van der Waals surface area contributed by atoms with Crippen LogP contribution in [0, 0.1) is 0 Å². The molecule has 3 heteroatoms. The molecule has 0 aliphatic carbocycles. The van der Waals surface area contributed by atoms with Gasteiger partial charge in [0.2, 0.25) is 0 Å². The van der Waals surface area contributed by atoms with Crippen molar-refractivity contribution in [2.45, 2.75) is 20.0 Å². The van der Waals surface area contributed by atoms with Crippen molar-refractivity contribution in [3.8, 4) is 0 Å². The van der Waals surface area contributed by atoms with Crippen molar-refractivity contribution < 1.29 is 9.16 Å². The summed E-state index contributed by atoms with van der Waals surface area (Å²) in [6.07, 6.45) is 0. The topological polar surface area (TPSA) is 18.5 Å². The first kappa shape index (κ1) is 13.0. The zero-order valence-corrected chi connectivity index (χ0v) is 11.6. The molecular formula is C13H20O2Si. The van der Waals surface area contributed by atoms with Crippen LogP contribution in [0.25, 0.3) is 5.76 Å². The first-order chi connectivity index (χ1) is 7.65. The Bertz CT molecular complexity index is 344. The Hall–Kier alpha value is -1.06. The van der Waals surface area contributed by atoms with Gasteiger partial charge in [-0.05, 0) is 25.6 Å². The van der Waals surface area contributed by atoms with E-state index in [1.807, 2.05) is 18.2 Å². The molecule has 0 saturated carbocycles. The average Bonchev–Trinajstić information content (AvgIpc) is 2.29. The Morgan fingerprint density at radius 3 is 2.31 bits per heavy atom. The van der Waals surface area contributed by atoms with Gasteiger partial charge in [0.15, 0.2) is 9.04 Å². The van der Waals surface area contributed by atoms with Crippen LogP contribution in [0.4, 0.5) is 0 Å². The minimum absolute atomic E-state index is 0.669. The van der Waals surface area contributed by atoms with Crippen molar-refractivity contribution in [2.75, 3.05) is 13.7 Å². The number of ether oxygens (including phenoxy) is 1. The molecule has 0 aliphatic rings. The maximum absolute atomic E-state index is 5.71. The van der Waals surface area contributed by atoms with Gasteiger partial charge in [-0.3, -0.25) is 0 Å². The molecule has 0 aliphatic heterocycles. The molecule has 0 amide bonds. The Morgan fingerprint density at radius 2 is 1.81 bits per heavy atom. The van der Waals surface area contributed by atoms with E-state index < -0.39 is 9.04 Å². The van der Waals surface area contributed by atoms with Crippen molar-refractivity contribution in [1.29, 1.82) is 0 Å². The van der Waals surface area contributed by atoms with Gasteiger partial charge in [0, 0.05) is 5.56 Å². The first-order valence-electron chi connectivity index (χ1n) is 5.56. The highest BCUT2D eigenvalue weighted by Gasteiger charge is 2.06. The molecule has 0 spiro atoms. The second kappa shape index (κ2) is 6.50. The second-order valence-electron chi connectivity index (χ2n) is 4.04. The van der Waals surface area contributed by atoms with E-state index in [0.717, 1.165) is 16.9 Å². The number of hydrogen-bond donors (Lipinski definition) is 0. The van der Waals surface area contributed by atoms with Crippen molar-refractivity contribution in [2.24, 2.45) is 0 Å². The van der Waals surface area contributed by atoms with E-state index in [1.54, 1.807) is 7.11 Å². The summed E-state index contributed by atoms with van der Waals surface area (Å²) in [6.45, 7) is 7.06. The van der Waals surface area contributed by atoms with E-state index >= 15 is 0 Å². The van der Waals surface area contributed by atoms with Gasteiger partial charge in [0.05, 0.1) is 13.7 Å². The Labute approximate surface area is 99.6 Å². The van der Waals surface area contributed by atoms with Gasteiger partial charge in [-0.2, -0.15) is 0 Å². The van der Waals surface area contributed by atoms with E-state index in [2.05, 4.69) is 32.2 Å². The summed E-state index contributed by atoms with van der Waals surface area (Å²) in [5.74, 6) is 0.926. The van der Waals surface area contributed by atoms with Gasteiger partial charge in [-0.15, -0.1) is 0 Å². The molecule has 0 bridgehead atoms. The lowest BCUT2D eigenvalue weighted by Crippen LogP contribution is -2.10. The standard InChI is InChI=1S/C13H20O2Si/c1-11(10-15-16(3)4)13(14-2)12-8-6-5-7-9-12/h5-9,16H,10H2,1-4H3. The highest BCUT2D eigenvalue weighted by molar-refractivity contribution is 6.48. The molecule has 16 heavy (non-hydrogen) atoms. The zero-order chi connectivity index (χ0) is 12.0. The molecule has 0 fully saturated rings. The smallest absolute Gasteiger partial charge is 0.171 e. The fraction of sp³-hybridized carbons (Fsp3) is 0.385. The van der Waals surface area contributed by atoms with Crippen LogP contribution in [0.2, 0.25) is 13.1 Å². The monoisotopic (exact) mass is 236 g/mol. The third kappa shape index (κ3) is 3.83. The quantitative estimate of drug-likeness (QED) is 0.578. The summed E-state index contributed by atoms with van der Waals surface area (Å²) in [5.41, 5.74) is 2.26. The number of rotatable bonds is 5. The second-order valence-corrected chi connectivity index (χ2v) is 6.47. The lowest BCUT2D eigenvalue weighted by Gasteiger charge is -2.13. The summed E-state index contributed by atoms with van der Waals surface area (Å²) in [7, 11) is 0.744. The predicted molar refractivity (Wildman–Crippen MR) is 70.9 cm³/mol. The molecule has 0 atom stereocenters. The van der Waals surface area contributed by atoms with E-state index in [1.165, 1.54) is 0 Å². The van der Waals surface area contributed by atoms with Crippen molar-refractivity contribution in [1.82, 2.24) is 0 Å². The van der Waals surface area contributed by atoms with Crippen LogP contribution >= 0.6 is 0 Å². The predicted octanol–water partition coefficient (Wildman–Crippen LogP) is 3.06. The first-order valence-corrected chi connectivity index (χ1v) is 8.34. The van der Waals surface area contributed by atoms with E-state index in [0.29, 0.717) is 6.61 Å². The number of benzene rings is 1. The van der Waals surface area contributed by atoms with Crippen LogP contribution in [0.5, 0.6) is 0 Å². The SMILES string of the molecule is COC(=C(C)CO[SiH](C)C)c1ccccc1. The summed E-state index contributed by atoms with van der Waals surface area (Å²) in [4.78, 5) is 0. The molecule has 0 unspecified atom stereocenters. The van der Waals surface area contributed by atoms with E-state index in [9.17, 15) is 0 Å². The Balaban J connectivity index is 2.83. The van der Waals surface area contributed by atoms with E-state index in [-0.39, 0.29) is 0 Å². The van der Waals surface area contributed by atoms with Crippen LogP contribution in [-0.4, -0.2) is 22.8 Å². The molecule has 2 nitrogen and oxygen atoms in total. The molecule has 1 rings (SSSR count). The van der Waals surface area contributed by atoms with Crippen molar-refractivity contribution >= 4 is 14.8 Å². The Kier molecular flexibility index (Phi) is 5.29. The van der Waals surface area contributed by atoms with Crippen LogP contribution < -0.4 is 0 Å². The molecule has 0 N–H and O–H groups in total. The van der Waals surface area contributed by atoms with Gasteiger partial charge >= 0.3 is 0 Å². The van der Waals surface area contributed by atoms with Gasteiger partial charge in [-0.1, -0.05) is 30.3 Å². The molecule has 1 aromatic rings. The van der Waals surface area contributed by atoms with Crippen LogP contribution in [0.15, 0.2) is 35.9 Å². The van der Waals surface area contributed by atoms with E-state index in [4.69, 9.17) is 9.16 Å². The number of hydrogen-bond acceptors (Lipinski definition) is 2. The summed E-state index contributed by atoms with van der Waals surface area (Å²) in [6, 6.07) is 10.1. The maximum atomic E-state index is 5.71. The van der Waals surface area contributed by atoms with Gasteiger partial charge < -0.3 is 9.16 Å². The largest absolute Gasteiger partial charge is 0.496 e. The lowest BCUT2D eigenvalue weighted by molar-refractivity contribution is 0.337. The summed E-state index contributed by atoms with van der Waals surface area (Å²) < 4.78 is 11.2. The van der Waals surface area contributed by atoms with Crippen LogP contribution in [0.3, 0.4) is 0 Å². The fourth-order valence-corrected chi connectivity index (χ4v) is 2.07. The molecule has 88 valence electrons. The highest BCUT2D eigenvalue weighted by Crippen LogP contribution is 2.19. The van der Waals surface area contributed by atoms with Crippen molar-refractivity contribution in [3.05, 3.63) is 41.5 Å². The van der Waals surface area contributed by atoms with Crippen molar-refractivity contribution in [3.63, 3.8) is 0 Å². The molecule has 0 saturated heterocycles. The molecule has 1 aromatic carbocycles. The normalized spacial score (nSPS) is 12.6. The molecule has 0 aromatic heterocycles. The molecule has 0 radical (unpaired) electrons. The minimum Gasteiger partial charge on any atom is -0.496 e. The minimum atomic E-state index is -0.963. The van der Waals surface area contributed by atoms with Crippen LogP contribution in [0.1, 0.15) is 12.5 Å². The summed E-state index contributed by atoms with van der Waals surface area (Å²) >= 11 is 0. The number of methoxy groups -OCH3 is 1. The van der Waals surface area contributed by atoms with Gasteiger partial charge in [-0.25, -0.2) is 0 Å². The maximum Gasteiger partial charge on any atom is 0.171 e. The third-order valence-corrected chi connectivity index (χ3v) is 3.09. The van der Waals surface area contributed by atoms with Gasteiger partial charge in [0.1, 0.15) is 5.76 Å². The third-order valence-electron chi connectivity index (χ3n) is 2.26.